The van der Waals surface area contributed by atoms with Crippen LogP contribution in [0.5, 0.6) is 0 Å². The molecule has 1 fully saturated rings. The molecule has 7 unspecified atom stereocenters. The third-order valence-electron chi connectivity index (χ3n) is 16.6. The second-order valence-corrected chi connectivity index (χ2v) is 24.6. The third-order valence-corrected chi connectivity index (χ3v) is 16.6. The van der Waals surface area contributed by atoms with Crippen molar-refractivity contribution in [2.75, 3.05) is 19.8 Å². The number of aliphatic hydroxyl groups excluding tert-OH is 5. The highest BCUT2D eigenvalue weighted by Gasteiger charge is 2.44. The number of amides is 1. The van der Waals surface area contributed by atoms with E-state index in [9.17, 15) is 35.1 Å². The number of aliphatic hydroxyl groups is 5. The van der Waals surface area contributed by atoms with E-state index in [0.717, 1.165) is 64.2 Å². The standard InChI is InChI=1S/C72H133NO10/c1-3-5-7-9-11-13-15-35-39-42-46-50-54-58-65(75)64(63-82-72-71(80)70(79)69(78)66(62-74)83-72)73-67(76)59-55-51-47-43-40-36-33-31-29-27-25-23-21-19-17-16-18-20-22-24-26-28-30-32-34-37-41-45-49-53-57-61-81-68(77)60-56-52-48-44-38-14-12-10-8-6-4-2/h11,13,18,20,39,42,54,58,64-66,69-72,74-75,78-80H,3-10,12,14-17,19,21-38,40-41,43-53,55-57,59-63H2,1-2H3,(H,73,76)/b13-11+,20-18-,42-39+,58-54+. The maximum absolute atomic E-state index is 13.1. The van der Waals surface area contributed by atoms with E-state index in [2.05, 4.69) is 55.6 Å². The molecule has 0 spiro atoms. The first-order chi connectivity index (χ1) is 40.7. The number of allylic oxidation sites excluding steroid dienone is 7. The highest BCUT2D eigenvalue weighted by molar-refractivity contribution is 5.76. The highest BCUT2D eigenvalue weighted by Crippen LogP contribution is 2.23. The van der Waals surface area contributed by atoms with Gasteiger partial charge in [-0.05, 0) is 83.5 Å². The lowest BCUT2D eigenvalue weighted by molar-refractivity contribution is -0.302. The van der Waals surface area contributed by atoms with Crippen molar-refractivity contribution in [2.24, 2.45) is 0 Å². The van der Waals surface area contributed by atoms with Crippen molar-refractivity contribution < 1.29 is 49.3 Å². The SMILES string of the molecule is CCCCC/C=C/CC/C=C/CC/C=C/C(O)C(COC1OC(CO)C(O)C(O)C1O)NC(=O)CCCCCCCCCCCCCCCCC/C=C\CCCCCCCCCCCCCCOC(=O)CCCCCCCCCCCCC. The quantitative estimate of drug-likeness (QED) is 0.0195. The molecule has 0 saturated carbocycles. The van der Waals surface area contributed by atoms with E-state index < -0.39 is 49.5 Å². The summed E-state index contributed by atoms with van der Waals surface area (Å²) in [6.45, 7) is 4.32. The van der Waals surface area contributed by atoms with E-state index in [0.29, 0.717) is 19.4 Å². The van der Waals surface area contributed by atoms with Gasteiger partial charge in [0.15, 0.2) is 6.29 Å². The summed E-state index contributed by atoms with van der Waals surface area (Å²) in [7, 11) is 0. The molecule has 0 bridgehead atoms. The normalized spacial score (nSPS) is 18.4. The van der Waals surface area contributed by atoms with Gasteiger partial charge in [0.05, 0.1) is 32.0 Å². The van der Waals surface area contributed by atoms with Crippen LogP contribution in [0, 0.1) is 0 Å². The average molecular weight is 1170 g/mol. The Labute approximate surface area is 510 Å². The second-order valence-electron chi connectivity index (χ2n) is 24.6. The van der Waals surface area contributed by atoms with Gasteiger partial charge in [0.2, 0.25) is 5.91 Å². The van der Waals surface area contributed by atoms with Crippen LogP contribution in [-0.4, -0.2) is 100 Å². The molecule has 1 rings (SSSR count). The summed E-state index contributed by atoms with van der Waals surface area (Å²) in [5.41, 5.74) is 0. The van der Waals surface area contributed by atoms with Gasteiger partial charge in [0.1, 0.15) is 24.4 Å². The lowest BCUT2D eigenvalue weighted by Gasteiger charge is -2.40. The molecule has 0 aromatic rings. The van der Waals surface area contributed by atoms with Crippen molar-refractivity contribution in [3.05, 3.63) is 48.6 Å². The summed E-state index contributed by atoms with van der Waals surface area (Å²) in [4.78, 5) is 25.1. The zero-order valence-electron chi connectivity index (χ0n) is 53.9. The maximum atomic E-state index is 13.1. The van der Waals surface area contributed by atoms with E-state index in [1.807, 2.05) is 6.08 Å². The minimum atomic E-state index is -1.58. The van der Waals surface area contributed by atoms with Crippen LogP contribution in [0.15, 0.2) is 48.6 Å². The number of unbranched alkanes of at least 4 members (excludes halogenated alkanes) is 42. The van der Waals surface area contributed by atoms with Crippen LogP contribution in [0.1, 0.15) is 335 Å². The Morgan fingerprint density at radius 2 is 0.783 bits per heavy atom. The molecule has 0 aromatic heterocycles. The smallest absolute Gasteiger partial charge is 0.305 e. The summed E-state index contributed by atoms with van der Waals surface area (Å²) in [6.07, 6.45) is 69.6. The minimum absolute atomic E-state index is 0.00906. The van der Waals surface area contributed by atoms with E-state index in [4.69, 9.17) is 14.2 Å². The Kier molecular flexibility index (Phi) is 58.0. The number of hydrogen-bond acceptors (Lipinski definition) is 10. The summed E-state index contributed by atoms with van der Waals surface area (Å²) in [6, 6.07) is -0.833. The van der Waals surface area contributed by atoms with Gasteiger partial charge in [-0.2, -0.15) is 0 Å². The Balaban J connectivity index is 1.98. The summed E-state index contributed by atoms with van der Waals surface area (Å²) >= 11 is 0. The monoisotopic (exact) mass is 1170 g/mol. The molecule has 0 aliphatic carbocycles. The van der Waals surface area contributed by atoms with Crippen molar-refractivity contribution in [3.8, 4) is 0 Å². The zero-order chi connectivity index (χ0) is 60.2. The van der Waals surface area contributed by atoms with E-state index in [1.165, 1.54) is 244 Å². The first kappa shape index (κ1) is 78.6. The van der Waals surface area contributed by atoms with E-state index >= 15 is 0 Å². The number of esters is 1. The fraction of sp³-hybridized carbons (Fsp3) is 0.861. The van der Waals surface area contributed by atoms with Gasteiger partial charge in [-0.15, -0.1) is 0 Å². The Bertz CT molecular complexity index is 1520. The molecule has 1 saturated heterocycles. The van der Waals surface area contributed by atoms with Gasteiger partial charge >= 0.3 is 5.97 Å². The lowest BCUT2D eigenvalue weighted by atomic mass is 9.99. The summed E-state index contributed by atoms with van der Waals surface area (Å²) < 4.78 is 16.7. The van der Waals surface area contributed by atoms with Gasteiger partial charge < -0.3 is 45.1 Å². The van der Waals surface area contributed by atoms with Crippen LogP contribution < -0.4 is 5.32 Å². The average Bonchev–Trinajstić information content (AvgIpc) is 3.50. The number of rotatable bonds is 62. The van der Waals surface area contributed by atoms with Gasteiger partial charge in [0.25, 0.3) is 0 Å². The van der Waals surface area contributed by atoms with Crippen molar-refractivity contribution in [2.45, 2.75) is 378 Å². The molecule has 1 heterocycles. The number of nitrogens with one attached hydrogen (secondary N) is 1. The van der Waals surface area contributed by atoms with Crippen LogP contribution in [0.3, 0.4) is 0 Å². The van der Waals surface area contributed by atoms with Crippen molar-refractivity contribution >= 4 is 11.9 Å². The second kappa shape index (κ2) is 61.3. The summed E-state index contributed by atoms with van der Waals surface area (Å²) in [5, 5.41) is 54.4. The Hall–Kier alpha value is -2.38. The van der Waals surface area contributed by atoms with Gasteiger partial charge in [-0.3, -0.25) is 9.59 Å². The molecule has 11 nitrogen and oxygen atoms in total. The number of carbonyl (C=O) groups is 2. The van der Waals surface area contributed by atoms with Gasteiger partial charge in [-0.25, -0.2) is 0 Å². The minimum Gasteiger partial charge on any atom is -0.466 e. The molecule has 7 atom stereocenters. The lowest BCUT2D eigenvalue weighted by Crippen LogP contribution is -2.60. The van der Waals surface area contributed by atoms with Crippen LogP contribution in [-0.2, 0) is 23.8 Å². The van der Waals surface area contributed by atoms with Crippen molar-refractivity contribution in [1.29, 1.82) is 0 Å². The molecule has 0 radical (unpaired) electrons. The molecule has 6 N–H and O–H groups in total. The molecule has 0 aromatic carbocycles. The van der Waals surface area contributed by atoms with Crippen LogP contribution >= 0.6 is 0 Å². The Morgan fingerprint density at radius 1 is 0.434 bits per heavy atom. The maximum Gasteiger partial charge on any atom is 0.305 e. The molecule has 11 heteroatoms. The Morgan fingerprint density at radius 3 is 1.22 bits per heavy atom. The molecule has 1 aliphatic rings. The topological polar surface area (TPSA) is 175 Å². The molecular formula is C72H133NO10. The predicted molar refractivity (Wildman–Crippen MR) is 347 cm³/mol. The zero-order valence-corrected chi connectivity index (χ0v) is 53.9. The molecule has 83 heavy (non-hydrogen) atoms. The number of ether oxygens (including phenoxy) is 3. The van der Waals surface area contributed by atoms with Crippen molar-refractivity contribution in [1.82, 2.24) is 5.32 Å². The fourth-order valence-electron chi connectivity index (χ4n) is 11.1. The highest BCUT2D eigenvalue weighted by atomic mass is 16.7. The first-order valence-corrected chi connectivity index (χ1v) is 35.4. The molecule has 1 aliphatic heterocycles. The van der Waals surface area contributed by atoms with Crippen LogP contribution in [0.2, 0.25) is 0 Å². The van der Waals surface area contributed by atoms with Crippen LogP contribution in [0.25, 0.3) is 0 Å². The number of hydrogen-bond donors (Lipinski definition) is 6. The fourth-order valence-corrected chi connectivity index (χ4v) is 11.1. The van der Waals surface area contributed by atoms with Crippen LogP contribution in [0.4, 0.5) is 0 Å². The van der Waals surface area contributed by atoms with Gasteiger partial charge in [0, 0.05) is 12.8 Å². The van der Waals surface area contributed by atoms with E-state index in [-0.39, 0.29) is 18.5 Å². The van der Waals surface area contributed by atoms with Crippen molar-refractivity contribution in [3.63, 3.8) is 0 Å². The third kappa shape index (κ3) is 50.3. The first-order valence-electron chi connectivity index (χ1n) is 35.4. The number of carbonyl (C=O) groups excluding carboxylic acids is 2. The molecule has 1 amide bonds. The predicted octanol–water partition coefficient (Wildman–Crippen LogP) is 18.0. The summed E-state index contributed by atoms with van der Waals surface area (Å²) in [5.74, 6) is -0.185. The molecule has 486 valence electrons. The largest absolute Gasteiger partial charge is 0.466 e. The molecular weight excluding hydrogens is 1040 g/mol. The van der Waals surface area contributed by atoms with Gasteiger partial charge in [-0.1, -0.05) is 287 Å². The van der Waals surface area contributed by atoms with E-state index in [1.54, 1.807) is 6.08 Å².